The van der Waals surface area contributed by atoms with Crippen molar-refractivity contribution in [3.8, 4) is 0 Å². The lowest BCUT2D eigenvalue weighted by atomic mass is 9.46. The molecule has 0 spiro atoms. The Balaban J connectivity index is 1.54. The Morgan fingerprint density at radius 2 is 1.72 bits per heavy atom. The number of aliphatic hydroxyl groups excluding tert-OH is 2. The van der Waals surface area contributed by atoms with Gasteiger partial charge in [-0.25, -0.2) is 0 Å². The highest BCUT2D eigenvalue weighted by Gasteiger charge is 2.61. The van der Waals surface area contributed by atoms with E-state index in [4.69, 9.17) is 0 Å². The van der Waals surface area contributed by atoms with Gasteiger partial charge in [0.1, 0.15) is 0 Å². The SMILES string of the molecule is CC(C)CCCC(C)[C@H]1CC[C@H]2[C@@H]3C(O)C=C4CC(O)CC[C@]4(C)[C@H]3CC[C@]12C. The standard InChI is InChI=1S/C27H46O2/c1-17(2)7-6-8-18(3)21-9-10-22-25-23(12-14-27(21,22)5)26(4)13-11-20(28)15-19(26)16-24(25)29/h16-18,20-25,28-29H,6-15H2,1-5H3/t18?,20?,21-,22+,23+,24?,25+,26+,27-/m1/s1. The first kappa shape index (κ1) is 21.9. The maximum Gasteiger partial charge on any atom is 0.0757 e. The minimum atomic E-state index is -0.298. The normalized spacial score (nSPS) is 47.9. The summed E-state index contributed by atoms with van der Waals surface area (Å²) < 4.78 is 0. The van der Waals surface area contributed by atoms with Gasteiger partial charge in [-0.2, -0.15) is 0 Å². The fraction of sp³-hybridized carbons (Fsp3) is 0.926. The van der Waals surface area contributed by atoms with Gasteiger partial charge in [-0.15, -0.1) is 0 Å². The van der Waals surface area contributed by atoms with Crippen LogP contribution in [0.4, 0.5) is 0 Å². The van der Waals surface area contributed by atoms with Crippen LogP contribution in [0.2, 0.25) is 0 Å². The van der Waals surface area contributed by atoms with Crippen molar-refractivity contribution in [2.45, 2.75) is 111 Å². The molecule has 4 aliphatic rings. The van der Waals surface area contributed by atoms with E-state index in [9.17, 15) is 10.2 Å². The summed E-state index contributed by atoms with van der Waals surface area (Å²) in [7, 11) is 0. The van der Waals surface area contributed by atoms with Crippen molar-refractivity contribution < 1.29 is 10.2 Å². The minimum absolute atomic E-state index is 0.200. The van der Waals surface area contributed by atoms with Crippen LogP contribution in [-0.2, 0) is 0 Å². The molecule has 29 heavy (non-hydrogen) atoms. The van der Waals surface area contributed by atoms with Gasteiger partial charge in [-0.3, -0.25) is 0 Å². The molecule has 2 nitrogen and oxygen atoms in total. The van der Waals surface area contributed by atoms with Gasteiger partial charge in [0.05, 0.1) is 12.2 Å². The van der Waals surface area contributed by atoms with Crippen molar-refractivity contribution in [2.75, 3.05) is 0 Å². The third-order valence-corrected chi connectivity index (χ3v) is 10.3. The van der Waals surface area contributed by atoms with Crippen LogP contribution in [-0.4, -0.2) is 22.4 Å². The van der Waals surface area contributed by atoms with Gasteiger partial charge in [0.25, 0.3) is 0 Å². The van der Waals surface area contributed by atoms with Crippen LogP contribution in [0.5, 0.6) is 0 Å². The molecular formula is C27H46O2. The number of hydrogen-bond acceptors (Lipinski definition) is 2. The van der Waals surface area contributed by atoms with Crippen LogP contribution in [0.25, 0.3) is 0 Å². The second-order valence-corrected chi connectivity index (χ2v) is 12.3. The summed E-state index contributed by atoms with van der Waals surface area (Å²) in [5.74, 6) is 4.18. The number of hydrogen-bond donors (Lipinski definition) is 2. The summed E-state index contributed by atoms with van der Waals surface area (Å²) in [6.07, 6.45) is 13.9. The Hall–Kier alpha value is -0.340. The molecule has 0 radical (unpaired) electrons. The zero-order chi connectivity index (χ0) is 21.0. The number of fused-ring (bicyclic) bond motifs is 5. The first-order valence-electron chi connectivity index (χ1n) is 12.7. The zero-order valence-electron chi connectivity index (χ0n) is 19.7. The quantitative estimate of drug-likeness (QED) is 0.525. The van der Waals surface area contributed by atoms with E-state index in [0.717, 1.165) is 37.0 Å². The Bertz CT molecular complexity index is 624. The van der Waals surface area contributed by atoms with Gasteiger partial charge in [0.15, 0.2) is 0 Å². The molecule has 0 bridgehead atoms. The molecule has 0 aromatic rings. The van der Waals surface area contributed by atoms with Crippen molar-refractivity contribution in [3.63, 3.8) is 0 Å². The van der Waals surface area contributed by atoms with E-state index < -0.39 is 0 Å². The Labute approximate surface area is 179 Å². The highest BCUT2D eigenvalue weighted by molar-refractivity contribution is 5.27. The van der Waals surface area contributed by atoms with Crippen LogP contribution < -0.4 is 0 Å². The van der Waals surface area contributed by atoms with Crippen LogP contribution in [0.15, 0.2) is 11.6 Å². The first-order chi connectivity index (χ1) is 13.7. The van der Waals surface area contributed by atoms with Crippen LogP contribution in [0.3, 0.4) is 0 Å². The van der Waals surface area contributed by atoms with Crippen molar-refractivity contribution in [2.24, 2.45) is 46.3 Å². The van der Waals surface area contributed by atoms with E-state index in [2.05, 4.69) is 40.7 Å². The Morgan fingerprint density at radius 1 is 0.966 bits per heavy atom. The summed E-state index contributed by atoms with van der Waals surface area (Å²) >= 11 is 0. The molecule has 0 saturated heterocycles. The van der Waals surface area contributed by atoms with E-state index in [1.165, 1.54) is 50.5 Å². The lowest BCUT2D eigenvalue weighted by Crippen LogP contribution is -2.54. The summed E-state index contributed by atoms with van der Waals surface area (Å²) in [6, 6.07) is 0. The predicted octanol–water partition coefficient (Wildman–Crippen LogP) is 6.36. The van der Waals surface area contributed by atoms with E-state index in [1.54, 1.807) is 0 Å². The molecule has 4 rings (SSSR count). The van der Waals surface area contributed by atoms with Crippen LogP contribution >= 0.6 is 0 Å². The molecule has 9 atom stereocenters. The number of aliphatic hydroxyl groups is 2. The van der Waals surface area contributed by atoms with Gasteiger partial charge >= 0.3 is 0 Å². The predicted molar refractivity (Wildman–Crippen MR) is 120 cm³/mol. The van der Waals surface area contributed by atoms with E-state index >= 15 is 0 Å². The summed E-state index contributed by atoms with van der Waals surface area (Å²) in [5.41, 5.74) is 1.99. The molecule has 0 amide bonds. The van der Waals surface area contributed by atoms with Crippen molar-refractivity contribution in [1.29, 1.82) is 0 Å². The monoisotopic (exact) mass is 402 g/mol. The van der Waals surface area contributed by atoms with Gasteiger partial charge in [-0.05, 0) is 91.3 Å². The third kappa shape index (κ3) is 3.65. The van der Waals surface area contributed by atoms with E-state index in [1.807, 2.05) is 0 Å². The molecular weight excluding hydrogens is 356 g/mol. The fourth-order valence-corrected chi connectivity index (χ4v) is 8.65. The first-order valence-corrected chi connectivity index (χ1v) is 12.7. The summed E-state index contributed by atoms with van der Waals surface area (Å²) in [6.45, 7) is 12.2. The van der Waals surface area contributed by atoms with Crippen molar-refractivity contribution >= 4 is 0 Å². The second kappa shape index (κ2) is 7.97. The average molecular weight is 403 g/mol. The largest absolute Gasteiger partial charge is 0.393 e. The maximum atomic E-state index is 11.3. The molecule has 4 aliphatic carbocycles. The molecule has 0 heterocycles. The molecule has 2 heteroatoms. The van der Waals surface area contributed by atoms with Crippen LogP contribution in [0.1, 0.15) is 98.8 Å². The van der Waals surface area contributed by atoms with Crippen molar-refractivity contribution in [3.05, 3.63) is 11.6 Å². The van der Waals surface area contributed by atoms with Crippen LogP contribution in [0, 0.1) is 46.3 Å². The highest BCUT2D eigenvalue weighted by Crippen LogP contribution is 2.67. The van der Waals surface area contributed by atoms with Gasteiger partial charge < -0.3 is 10.2 Å². The maximum absolute atomic E-state index is 11.3. The third-order valence-electron chi connectivity index (χ3n) is 10.3. The highest BCUT2D eigenvalue weighted by atomic mass is 16.3. The lowest BCUT2D eigenvalue weighted by Gasteiger charge is -2.59. The molecule has 3 saturated carbocycles. The van der Waals surface area contributed by atoms with Gasteiger partial charge in [-0.1, -0.05) is 65.5 Å². The molecule has 0 aliphatic heterocycles. The Kier molecular flexibility index (Phi) is 6.01. The van der Waals surface area contributed by atoms with Gasteiger partial charge in [0.2, 0.25) is 0 Å². The smallest absolute Gasteiger partial charge is 0.0757 e. The zero-order valence-corrected chi connectivity index (χ0v) is 19.7. The molecule has 3 fully saturated rings. The minimum Gasteiger partial charge on any atom is -0.393 e. The molecule has 0 aromatic heterocycles. The molecule has 0 aromatic carbocycles. The average Bonchev–Trinajstić information content (AvgIpc) is 3.00. The van der Waals surface area contributed by atoms with E-state index in [0.29, 0.717) is 23.2 Å². The van der Waals surface area contributed by atoms with Gasteiger partial charge in [0, 0.05) is 0 Å². The summed E-state index contributed by atoms with van der Waals surface area (Å²) in [4.78, 5) is 0. The topological polar surface area (TPSA) is 40.5 Å². The van der Waals surface area contributed by atoms with Crippen molar-refractivity contribution in [1.82, 2.24) is 0 Å². The molecule has 166 valence electrons. The summed E-state index contributed by atoms with van der Waals surface area (Å²) in [5, 5.41) is 21.5. The lowest BCUT2D eigenvalue weighted by molar-refractivity contribution is -0.0970. The second-order valence-electron chi connectivity index (χ2n) is 12.3. The Morgan fingerprint density at radius 3 is 2.45 bits per heavy atom. The number of rotatable bonds is 5. The van der Waals surface area contributed by atoms with E-state index in [-0.39, 0.29) is 17.6 Å². The fourth-order valence-electron chi connectivity index (χ4n) is 8.65. The molecule has 3 unspecified atom stereocenters. The molecule has 2 N–H and O–H groups in total.